The van der Waals surface area contributed by atoms with Gasteiger partial charge in [-0.3, -0.25) is 4.79 Å². The smallest absolute Gasteiger partial charge is 0.267 e. The number of carbonyl (C=O) groups is 1. The van der Waals surface area contributed by atoms with E-state index in [1.54, 1.807) is 35.7 Å². The van der Waals surface area contributed by atoms with Crippen molar-refractivity contribution in [2.24, 2.45) is 0 Å². The Kier molecular flexibility index (Phi) is 3.78. The second kappa shape index (κ2) is 5.31. The normalized spacial score (nSPS) is 10.2. The van der Waals surface area contributed by atoms with Gasteiger partial charge in [-0.25, -0.2) is 0 Å². The molecule has 0 atom stereocenters. The molecule has 1 heterocycles. The average Bonchev–Trinajstić information content (AvgIpc) is 2.76. The number of carbonyl (C=O) groups excluding carboxylic acids is 1. The van der Waals surface area contributed by atoms with Crippen LogP contribution in [0, 0.1) is 0 Å². The van der Waals surface area contributed by atoms with Crippen LogP contribution in [-0.2, 0) is 6.61 Å². The van der Waals surface area contributed by atoms with Crippen LogP contribution in [0.15, 0.2) is 35.7 Å². The van der Waals surface area contributed by atoms with Gasteiger partial charge in [-0.15, -0.1) is 11.3 Å². The number of rotatable bonds is 3. The number of amides is 1. The first-order valence-corrected chi connectivity index (χ1v) is 6.20. The van der Waals surface area contributed by atoms with E-state index < -0.39 is 0 Å². The van der Waals surface area contributed by atoms with E-state index in [0.717, 1.165) is 5.56 Å². The van der Waals surface area contributed by atoms with E-state index >= 15 is 0 Å². The second-order valence-electron chi connectivity index (χ2n) is 3.41. The van der Waals surface area contributed by atoms with Gasteiger partial charge in [0.1, 0.15) is 4.88 Å². The van der Waals surface area contributed by atoms with Gasteiger partial charge >= 0.3 is 0 Å². The maximum absolute atomic E-state index is 11.8. The molecule has 2 rings (SSSR count). The summed E-state index contributed by atoms with van der Waals surface area (Å²) in [7, 11) is 0. The first-order chi connectivity index (χ1) is 8.20. The van der Waals surface area contributed by atoms with E-state index in [-0.39, 0.29) is 12.5 Å². The van der Waals surface area contributed by atoms with E-state index in [2.05, 4.69) is 5.32 Å². The molecule has 5 heteroatoms. The fourth-order valence-corrected chi connectivity index (χ4v) is 2.43. The van der Waals surface area contributed by atoms with Gasteiger partial charge in [0.2, 0.25) is 0 Å². The summed E-state index contributed by atoms with van der Waals surface area (Å²) in [5.74, 6) is -0.236. The van der Waals surface area contributed by atoms with Gasteiger partial charge in [0.25, 0.3) is 5.91 Å². The molecule has 0 radical (unpaired) electrons. The molecule has 0 fully saturated rings. The Labute approximate surface area is 108 Å². The van der Waals surface area contributed by atoms with Crippen LogP contribution < -0.4 is 5.32 Å². The van der Waals surface area contributed by atoms with Crippen molar-refractivity contribution in [3.05, 3.63) is 51.2 Å². The Morgan fingerprint density at radius 3 is 2.88 bits per heavy atom. The zero-order valence-corrected chi connectivity index (χ0v) is 10.4. The summed E-state index contributed by atoms with van der Waals surface area (Å²) in [4.78, 5) is 12.3. The Morgan fingerprint density at radius 2 is 2.24 bits per heavy atom. The van der Waals surface area contributed by atoms with Crippen molar-refractivity contribution in [3.63, 3.8) is 0 Å². The van der Waals surface area contributed by atoms with Crippen molar-refractivity contribution in [2.45, 2.75) is 6.61 Å². The van der Waals surface area contributed by atoms with Crippen molar-refractivity contribution in [2.75, 3.05) is 5.32 Å². The fourth-order valence-electron chi connectivity index (χ4n) is 1.39. The lowest BCUT2D eigenvalue weighted by molar-refractivity contribution is 0.103. The van der Waals surface area contributed by atoms with E-state index in [1.807, 2.05) is 0 Å². The maximum Gasteiger partial charge on any atom is 0.267 e. The molecule has 17 heavy (non-hydrogen) atoms. The molecule has 0 aliphatic rings. The van der Waals surface area contributed by atoms with Crippen LogP contribution in [0.3, 0.4) is 0 Å². The lowest BCUT2D eigenvalue weighted by Gasteiger charge is -2.05. The fraction of sp³-hybridized carbons (Fsp3) is 0.0833. The molecule has 0 aliphatic carbocycles. The summed E-state index contributed by atoms with van der Waals surface area (Å²) in [6.07, 6.45) is 0. The number of nitrogens with one attached hydrogen (secondary N) is 1. The standard InChI is InChI=1S/C12H10ClNO2S/c13-10-4-5-17-11(10)12(16)14-9-3-1-2-8(6-9)7-15/h1-6,15H,7H2,(H,14,16). The highest BCUT2D eigenvalue weighted by Crippen LogP contribution is 2.23. The average molecular weight is 268 g/mol. The summed E-state index contributed by atoms with van der Waals surface area (Å²) in [6, 6.07) is 8.73. The van der Waals surface area contributed by atoms with Gasteiger partial charge in [-0.05, 0) is 29.1 Å². The maximum atomic E-state index is 11.8. The number of aliphatic hydroxyl groups is 1. The van der Waals surface area contributed by atoms with E-state index in [0.29, 0.717) is 15.6 Å². The number of thiophene rings is 1. The monoisotopic (exact) mass is 267 g/mol. The van der Waals surface area contributed by atoms with Gasteiger partial charge in [0.15, 0.2) is 0 Å². The van der Waals surface area contributed by atoms with Crippen LogP contribution in [0.5, 0.6) is 0 Å². The molecule has 0 spiro atoms. The third-order valence-corrected chi connectivity index (χ3v) is 3.53. The first kappa shape index (κ1) is 12.1. The predicted octanol–water partition coefficient (Wildman–Crippen LogP) is 3.15. The SMILES string of the molecule is O=C(Nc1cccc(CO)c1)c1sccc1Cl. The first-order valence-electron chi connectivity index (χ1n) is 4.95. The minimum absolute atomic E-state index is 0.0521. The molecule has 2 aromatic rings. The van der Waals surface area contributed by atoms with Gasteiger partial charge < -0.3 is 10.4 Å². The highest BCUT2D eigenvalue weighted by Gasteiger charge is 2.11. The third-order valence-electron chi connectivity index (χ3n) is 2.19. The summed E-state index contributed by atoms with van der Waals surface area (Å²) in [6.45, 7) is -0.0521. The van der Waals surface area contributed by atoms with Crippen molar-refractivity contribution >= 4 is 34.5 Å². The number of aliphatic hydroxyl groups excluding tert-OH is 1. The van der Waals surface area contributed by atoms with E-state index in [9.17, 15) is 4.79 Å². The zero-order valence-electron chi connectivity index (χ0n) is 8.81. The molecule has 0 saturated carbocycles. The molecule has 1 aromatic heterocycles. The summed E-state index contributed by atoms with van der Waals surface area (Å²) < 4.78 is 0. The van der Waals surface area contributed by atoms with E-state index in [1.165, 1.54) is 11.3 Å². The van der Waals surface area contributed by atoms with Gasteiger partial charge in [0.05, 0.1) is 11.6 Å². The number of hydrogen-bond donors (Lipinski definition) is 2. The van der Waals surface area contributed by atoms with Crippen molar-refractivity contribution < 1.29 is 9.90 Å². The van der Waals surface area contributed by atoms with Crippen LogP contribution in [0.2, 0.25) is 5.02 Å². The van der Waals surface area contributed by atoms with Gasteiger partial charge in [0, 0.05) is 5.69 Å². The second-order valence-corrected chi connectivity index (χ2v) is 4.73. The van der Waals surface area contributed by atoms with Crippen molar-refractivity contribution in [1.29, 1.82) is 0 Å². The Bertz CT molecular complexity index is 539. The number of hydrogen-bond acceptors (Lipinski definition) is 3. The predicted molar refractivity (Wildman–Crippen MR) is 69.6 cm³/mol. The molecule has 2 N–H and O–H groups in total. The minimum Gasteiger partial charge on any atom is -0.392 e. The van der Waals surface area contributed by atoms with Crippen LogP contribution in [0.1, 0.15) is 15.2 Å². The number of anilines is 1. The summed E-state index contributed by atoms with van der Waals surface area (Å²) in [5.41, 5.74) is 1.39. The molecule has 1 aromatic carbocycles. The molecule has 0 bridgehead atoms. The van der Waals surface area contributed by atoms with Crippen LogP contribution in [0.4, 0.5) is 5.69 Å². The Hall–Kier alpha value is -1.36. The number of halogens is 1. The van der Waals surface area contributed by atoms with Gasteiger partial charge in [-0.2, -0.15) is 0 Å². The molecule has 1 amide bonds. The highest BCUT2D eigenvalue weighted by molar-refractivity contribution is 7.12. The van der Waals surface area contributed by atoms with E-state index in [4.69, 9.17) is 16.7 Å². The largest absolute Gasteiger partial charge is 0.392 e. The summed E-state index contributed by atoms with van der Waals surface area (Å²) in [5, 5.41) is 13.9. The lowest BCUT2D eigenvalue weighted by atomic mass is 10.2. The third kappa shape index (κ3) is 2.85. The van der Waals surface area contributed by atoms with Crippen molar-refractivity contribution in [1.82, 2.24) is 0 Å². The lowest BCUT2D eigenvalue weighted by Crippen LogP contribution is -2.10. The molecule has 88 valence electrons. The summed E-state index contributed by atoms with van der Waals surface area (Å²) >= 11 is 7.16. The van der Waals surface area contributed by atoms with Gasteiger partial charge in [-0.1, -0.05) is 23.7 Å². The molecule has 0 aliphatic heterocycles. The molecule has 3 nitrogen and oxygen atoms in total. The molecular formula is C12H10ClNO2S. The molecule has 0 unspecified atom stereocenters. The quantitative estimate of drug-likeness (QED) is 0.898. The van der Waals surface area contributed by atoms with Crippen molar-refractivity contribution in [3.8, 4) is 0 Å². The highest BCUT2D eigenvalue weighted by atomic mass is 35.5. The Balaban J connectivity index is 2.16. The topological polar surface area (TPSA) is 49.3 Å². The minimum atomic E-state index is -0.236. The van der Waals surface area contributed by atoms with Crippen LogP contribution >= 0.6 is 22.9 Å². The zero-order chi connectivity index (χ0) is 12.3. The van der Waals surface area contributed by atoms with Crippen LogP contribution in [-0.4, -0.2) is 11.0 Å². The number of benzene rings is 1. The molecular weight excluding hydrogens is 258 g/mol. The molecule has 0 saturated heterocycles. The Morgan fingerprint density at radius 1 is 1.41 bits per heavy atom. The van der Waals surface area contributed by atoms with Crippen LogP contribution in [0.25, 0.3) is 0 Å².